The van der Waals surface area contributed by atoms with Crippen LogP contribution in [0, 0.1) is 12.8 Å². The highest BCUT2D eigenvalue weighted by atomic mass is 35.5. The number of imidazole rings is 1. The van der Waals surface area contributed by atoms with E-state index in [4.69, 9.17) is 21.6 Å². The van der Waals surface area contributed by atoms with E-state index >= 15 is 0 Å². The number of carbonyl (C=O) groups excluding carboxylic acids is 1. The maximum atomic E-state index is 13.7. The number of benzene rings is 2. The molecule has 286 valence electrons. The van der Waals surface area contributed by atoms with Crippen molar-refractivity contribution in [3.63, 3.8) is 0 Å². The van der Waals surface area contributed by atoms with Crippen LogP contribution in [-0.4, -0.2) is 82.7 Å². The number of pyridine rings is 2. The third-order valence-corrected chi connectivity index (χ3v) is 12.2. The molecule has 1 saturated heterocycles. The zero-order chi connectivity index (χ0) is 38.4. The zero-order valence-corrected chi connectivity index (χ0v) is 32.2. The number of nitrogens with zero attached hydrogens (tertiary/aromatic N) is 6. The summed E-state index contributed by atoms with van der Waals surface area (Å²) in [5.41, 5.74) is 7.15. The van der Waals surface area contributed by atoms with Crippen molar-refractivity contribution in [2.24, 2.45) is 13.0 Å². The monoisotopic (exact) mass is 762 g/mol. The van der Waals surface area contributed by atoms with Gasteiger partial charge in [0, 0.05) is 87.0 Å². The largest absolute Gasteiger partial charge is 0.481 e. The number of nitrogens with one attached hydrogen (secondary N) is 2. The van der Waals surface area contributed by atoms with Crippen LogP contribution in [-0.2, 0) is 31.4 Å². The third kappa shape index (κ3) is 7.56. The average molecular weight is 763 g/mol. The Labute approximate surface area is 325 Å². The first-order valence-electron chi connectivity index (χ1n) is 19.1. The lowest BCUT2D eigenvalue weighted by molar-refractivity contribution is -0.143. The highest BCUT2D eigenvalue weighted by Gasteiger charge is 2.34. The Kier molecular flexibility index (Phi) is 10.1. The van der Waals surface area contributed by atoms with Crippen molar-refractivity contribution >= 4 is 51.6 Å². The van der Waals surface area contributed by atoms with Crippen molar-refractivity contribution in [3.8, 4) is 11.1 Å². The SMILES string of the molecule is Cc1c(Nc2nccc3cc(CN4CC[C@@](C)(O)C4)cnc23)cccc1-c1cccc(NC(=O)c2nc3c(n2C)CCN(C2CCC(C(=O)O)CC2)C3)c1Cl. The molecule has 0 unspecified atom stereocenters. The van der Waals surface area contributed by atoms with Gasteiger partial charge in [-0.05, 0) is 86.9 Å². The zero-order valence-electron chi connectivity index (χ0n) is 31.5. The van der Waals surface area contributed by atoms with Gasteiger partial charge in [-0.15, -0.1) is 0 Å². The molecule has 3 aromatic heterocycles. The Balaban J connectivity index is 0.975. The van der Waals surface area contributed by atoms with Crippen LogP contribution in [0.25, 0.3) is 22.0 Å². The quantitative estimate of drug-likeness (QED) is 0.124. The maximum Gasteiger partial charge on any atom is 0.306 e. The molecule has 1 aliphatic carbocycles. The number of carbonyl (C=O) groups is 2. The van der Waals surface area contributed by atoms with E-state index in [1.165, 1.54) is 0 Å². The van der Waals surface area contributed by atoms with Gasteiger partial charge in [0.2, 0.25) is 0 Å². The number of fused-ring (bicyclic) bond motifs is 2. The Morgan fingerprint density at radius 1 is 1.02 bits per heavy atom. The minimum absolute atomic E-state index is 0.247. The van der Waals surface area contributed by atoms with Gasteiger partial charge in [-0.25, -0.2) is 9.97 Å². The first-order valence-corrected chi connectivity index (χ1v) is 19.5. The van der Waals surface area contributed by atoms with E-state index in [1.54, 1.807) is 12.3 Å². The number of carboxylic acid groups (broad SMARTS) is 1. The highest BCUT2D eigenvalue weighted by Crippen LogP contribution is 2.39. The summed E-state index contributed by atoms with van der Waals surface area (Å²) in [6.45, 7) is 7.65. The predicted molar refractivity (Wildman–Crippen MR) is 214 cm³/mol. The molecule has 5 aromatic rings. The van der Waals surface area contributed by atoms with Crippen LogP contribution < -0.4 is 10.6 Å². The number of aliphatic hydroxyl groups is 1. The predicted octanol–water partition coefficient (Wildman–Crippen LogP) is 6.95. The second kappa shape index (κ2) is 15.0. The summed E-state index contributed by atoms with van der Waals surface area (Å²) >= 11 is 7.06. The van der Waals surface area contributed by atoms with Crippen molar-refractivity contribution in [3.05, 3.63) is 94.3 Å². The number of carboxylic acids is 1. The van der Waals surface area contributed by atoms with Gasteiger partial charge in [-0.1, -0.05) is 35.9 Å². The second-order valence-corrected chi connectivity index (χ2v) is 16.1. The Hall–Kier alpha value is -4.88. The fraction of sp³-hybridized carbons (Fsp3) is 0.405. The summed E-state index contributed by atoms with van der Waals surface area (Å²) in [4.78, 5) is 44.1. The Bertz CT molecular complexity index is 2280. The Morgan fingerprint density at radius 3 is 2.53 bits per heavy atom. The van der Waals surface area contributed by atoms with Crippen LogP contribution in [0.1, 0.15) is 72.2 Å². The molecule has 8 rings (SSSR count). The van der Waals surface area contributed by atoms with Crippen molar-refractivity contribution < 1.29 is 19.8 Å². The highest BCUT2D eigenvalue weighted by molar-refractivity contribution is 6.36. The molecule has 12 nitrogen and oxygen atoms in total. The molecular formula is C42H47ClN8O4. The van der Waals surface area contributed by atoms with Gasteiger partial charge in [0.1, 0.15) is 5.52 Å². The smallest absolute Gasteiger partial charge is 0.306 e. The minimum atomic E-state index is -0.695. The van der Waals surface area contributed by atoms with Crippen molar-refractivity contribution in [1.82, 2.24) is 29.3 Å². The third-order valence-electron chi connectivity index (χ3n) is 11.8. The van der Waals surface area contributed by atoms with Crippen LogP contribution in [0.4, 0.5) is 17.2 Å². The van der Waals surface area contributed by atoms with E-state index in [2.05, 4.69) is 31.5 Å². The summed E-state index contributed by atoms with van der Waals surface area (Å²) < 4.78 is 1.89. The first kappa shape index (κ1) is 37.1. The van der Waals surface area contributed by atoms with E-state index in [1.807, 2.05) is 68.1 Å². The van der Waals surface area contributed by atoms with Gasteiger partial charge in [-0.2, -0.15) is 0 Å². The van der Waals surface area contributed by atoms with Crippen LogP contribution in [0.3, 0.4) is 0 Å². The normalized spacial score (nSPS) is 21.8. The lowest BCUT2D eigenvalue weighted by atomic mass is 9.85. The van der Waals surface area contributed by atoms with Gasteiger partial charge in [0.05, 0.1) is 27.9 Å². The van der Waals surface area contributed by atoms with Gasteiger partial charge >= 0.3 is 5.97 Å². The fourth-order valence-corrected chi connectivity index (χ4v) is 8.95. The molecule has 5 heterocycles. The Morgan fingerprint density at radius 2 is 1.78 bits per heavy atom. The summed E-state index contributed by atoms with van der Waals surface area (Å²) in [5, 5.41) is 27.7. The van der Waals surface area contributed by atoms with Crippen molar-refractivity contribution in [2.45, 2.75) is 77.1 Å². The topological polar surface area (TPSA) is 149 Å². The molecule has 1 amide bonds. The molecule has 0 spiro atoms. The van der Waals surface area contributed by atoms with Crippen molar-refractivity contribution in [2.75, 3.05) is 30.3 Å². The lowest BCUT2D eigenvalue weighted by Gasteiger charge is -2.37. The van der Waals surface area contributed by atoms with Crippen LogP contribution >= 0.6 is 11.6 Å². The fourth-order valence-electron chi connectivity index (χ4n) is 8.67. The summed E-state index contributed by atoms with van der Waals surface area (Å²) in [5.74, 6) is -0.298. The lowest BCUT2D eigenvalue weighted by Crippen LogP contribution is -2.42. The van der Waals surface area contributed by atoms with Crippen LogP contribution in [0.5, 0.6) is 0 Å². The van der Waals surface area contributed by atoms with E-state index in [0.29, 0.717) is 54.3 Å². The molecular weight excluding hydrogens is 716 g/mol. The number of hydrogen-bond acceptors (Lipinski definition) is 9. The standard InChI is InChI=1S/C42H47ClN8O4/c1-25-30(6-4-8-32(25)46-38-37-28(14-17-44-38)20-26(21-45-37)22-50-19-16-42(2,55)24-50)31-7-5-9-33(36(31)43)48-40(52)39-47-34-23-51(18-15-35(34)49(39)3)29-12-10-27(11-13-29)41(53)54/h4-9,14,17,20-21,27,29,55H,10-13,15-16,18-19,22-24H2,1-3H3,(H,44,46)(H,48,52)(H,53,54)/t27?,29?,42-/m1/s1. The van der Waals surface area contributed by atoms with Gasteiger partial charge < -0.3 is 25.4 Å². The summed E-state index contributed by atoms with van der Waals surface area (Å²) in [7, 11) is 1.88. The summed E-state index contributed by atoms with van der Waals surface area (Å²) in [6.07, 6.45) is 8.34. The van der Waals surface area contributed by atoms with E-state index in [0.717, 1.165) is 95.5 Å². The van der Waals surface area contributed by atoms with Crippen LogP contribution in [0.2, 0.25) is 5.02 Å². The molecule has 13 heteroatoms. The van der Waals surface area contributed by atoms with Gasteiger partial charge in [-0.3, -0.25) is 24.4 Å². The van der Waals surface area contributed by atoms with E-state index in [9.17, 15) is 19.8 Å². The molecule has 1 atom stereocenters. The number of halogens is 1. The maximum absolute atomic E-state index is 13.7. The number of anilines is 3. The van der Waals surface area contributed by atoms with E-state index < -0.39 is 11.6 Å². The van der Waals surface area contributed by atoms with Gasteiger partial charge in [0.15, 0.2) is 11.6 Å². The molecule has 2 aromatic carbocycles. The number of hydrogen-bond donors (Lipinski definition) is 4. The molecule has 0 radical (unpaired) electrons. The number of amides is 1. The van der Waals surface area contributed by atoms with E-state index in [-0.39, 0.29) is 11.8 Å². The minimum Gasteiger partial charge on any atom is -0.481 e. The number of rotatable bonds is 9. The molecule has 0 bridgehead atoms. The number of β-amino-alcohol motifs (C(OH)–C–C–N with tert-alkyl or cyclic N) is 1. The van der Waals surface area contributed by atoms with Gasteiger partial charge in [0.25, 0.3) is 5.91 Å². The number of likely N-dealkylation sites (tertiary alicyclic amines) is 1. The molecule has 2 fully saturated rings. The second-order valence-electron chi connectivity index (χ2n) is 15.7. The number of aromatic nitrogens is 4. The number of aliphatic carboxylic acids is 1. The molecule has 1 saturated carbocycles. The van der Waals surface area contributed by atoms with Crippen LogP contribution in [0.15, 0.2) is 60.9 Å². The molecule has 4 N–H and O–H groups in total. The first-order chi connectivity index (χ1) is 26.4. The summed E-state index contributed by atoms with van der Waals surface area (Å²) in [6, 6.07) is 16.0. The molecule has 2 aliphatic heterocycles. The van der Waals surface area contributed by atoms with Crippen molar-refractivity contribution in [1.29, 1.82) is 0 Å². The molecule has 55 heavy (non-hydrogen) atoms. The average Bonchev–Trinajstić information content (AvgIpc) is 3.70. The molecule has 3 aliphatic rings.